The van der Waals surface area contributed by atoms with Gasteiger partial charge < -0.3 is 9.15 Å². The van der Waals surface area contributed by atoms with Gasteiger partial charge >= 0.3 is 5.97 Å². The lowest BCUT2D eigenvalue weighted by molar-refractivity contribution is 0.0518. The number of carbonyl (C=O) groups is 1. The summed E-state index contributed by atoms with van der Waals surface area (Å²) in [6.45, 7) is 1.99. The van der Waals surface area contributed by atoms with Crippen molar-refractivity contribution >= 4 is 11.6 Å². The lowest BCUT2D eigenvalue weighted by Gasteiger charge is -2.04. The van der Waals surface area contributed by atoms with Gasteiger partial charge in [-0.3, -0.25) is 4.40 Å². The predicted molar refractivity (Wildman–Crippen MR) is 71.4 cm³/mol. The summed E-state index contributed by atoms with van der Waals surface area (Å²) in [5.74, 6) is -0.0262. The van der Waals surface area contributed by atoms with Gasteiger partial charge in [-0.05, 0) is 13.0 Å². The predicted octanol–water partition coefficient (Wildman–Crippen LogP) is 2.04. The van der Waals surface area contributed by atoms with Gasteiger partial charge in [-0.1, -0.05) is 0 Å². The summed E-state index contributed by atoms with van der Waals surface area (Å²) < 4.78 is 11.8. The Morgan fingerprint density at radius 3 is 3.05 bits per heavy atom. The van der Waals surface area contributed by atoms with Gasteiger partial charge in [0.1, 0.15) is 11.7 Å². The van der Waals surface area contributed by atoms with E-state index in [1.807, 2.05) is 6.07 Å². The van der Waals surface area contributed by atoms with Gasteiger partial charge in [-0.15, -0.1) is 0 Å². The average Bonchev–Trinajstić information content (AvgIpc) is 3.15. The maximum absolute atomic E-state index is 11.9. The Morgan fingerprint density at radius 2 is 2.38 bits per heavy atom. The van der Waals surface area contributed by atoms with Gasteiger partial charge in [0.15, 0.2) is 17.8 Å². The lowest BCUT2D eigenvalue weighted by atomic mass is 10.1. The highest BCUT2D eigenvalue weighted by Crippen LogP contribution is 2.25. The number of imidazole rings is 1. The first-order valence-corrected chi connectivity index (χ1v) is 6.21. The molecule has 0 atom stereocenters. The van der Waals surface area contributed by atoms with E-state index in [1.165, 1.54) is 29.4 Å². The van der Waals surface area contributed by atoms with Crippen LogP contribution in [0.2, 0.25) is 0 Å². The molecule has 104 valence electrons. The van der Waals surface area contributed by atoms with Crippen LogP contribution in [0.15, 0.2) is 35.5 Å². The molecule has 0 aliphatic carbocycles. The van der Waals surface area contributed by atoms with Crippen LogP contribution < -0.4 is 0 Å². The number of ether oxygens (including phenoxy) is 1. The number of aromatic nitrogens is 3. The molecule has 0 saturated carbocycles. The molecule has 3 aromatic rings. The van der Waals surface area contributed by atoms with Crippen molar-refractivity contribution in [2.24, 2.45) is 0 Å². The first-order chi connectivity index (χ1) is 10.2. The van der Waals surface area contributed by atoms with E-state index in [0.29, 0.717) is 22.5 Å². The van der Waals surface area contributed by atoms with E-state index in [1.54, 1.807) is 13.0 Å². The summed E-state index contributed by atoms with van der Waals surface area (Å²) >= 11 is 0. The molecule has 0 aliphatic rings. The summed E-state index contributed by atoms with van der Waals surface area (Å²) in [6, 6.07) is 3.68. The molecule has 7 nitrogen and oxygen atoms in total. The lowest BCUT2D eigenvalue weighted by Crippen LogP contribution is -2.08. The standard InChI is InChI=1S/C14H10N4O3/c1-2-20-14(19)11-5-17-13-10(12-6-16-8-21-12)3-9(4-15)7-18(11)13/h3,5-8H,2H2,1H3. The Morgan fingerprint density at radius 1 is 1.52 bits per heavy atom. The van der Waals surface area contributed by atoms with Gasteiger partial charge in [0.05, 0.1) is 30.1 Å². The minimum Gasteiger partial charge on any atom is -0.461 e. The fourth-order valence-electron chi connectivity index (χ4n) is 2.03. The number of rotatable bonds is 3. The van der Waals surface area contributed by atoms with Gasteiger partial charge in [0.2, 0.25) is 0 Å². The number of carbonyl (C=O) groups excluding carboxylic acids is 1. The van der Waals surface area contributed by atoms with Crippen LogP contribution in [-0.4, -0.2) is 26.9 Å². The third-order valence-corrected chi connectivity index (χ3v) is 2.92. The summed E-state index contributed by atoms with van der Waals surface area (Å²) in [5, 5.41) is 9.14. The molecule has 3 heterocycles. The number of hydrogen-bond acceptors (Lipinski definition) is 6. The van der Waals surface area contributed by atoms with E-state index in [9.17, 15) is 4.79 Å². The molecule has 7 heteroatoms. The second-order valence-corrected chi connectivity index (χ2v) is 4.18. The number of pyridine rings is 1. The Labute approximate surface area is 119 Å². The number of nitrogens with zero attached hydrogens (tertiary/aromatic N) is 4. The number of nitriles is 1. The molecule has 0 spiro atoms. The van der Waals surface area contributed by atoms with Crippen molar-refractivity contribution in [2.45, 2.75) is 6.92 Å². The molecular formula is C14H10N4O3. The zero-order chi connectivity index (χ0) is 14.8. The third-order valence-electron chi connectivity index (χ3n) is 2.92. The number of hydrogen-bond donors (Lipinski definition) is 0. The highest BCUT2D eigenvalue weighted by molar-refractivity contribution is 5.90. The van der Waals surface area contributed by atoms with Crippen LogP contribution in [0.25, 0.3) is 17.0 Å². The summed E-state index contributed by atoms with van der Waals surface area (Å²) in [7, 11) is 0. The molecule has 0 amide bonds. The molecule has 3 aromatic heterocycles. The largest absolute Gasteiger partial charge is 0.461 e. The summed E-state index contributed by atoms with van der Waals surface area (Å²) in [4.78, 5) is 20.0. The second kappa shape index (κ2) is 5.09. The third kappa shape index (κ3) is 2.12. The molecule has 0 saturated heterocycles. The van der Waals surface area contributed by atoms with Crippen LogP contribution in [0, 0.1) is 11.3 Å². The number of fused-ring (bicyclic) bond motifs is 1. The van der Waals surface area contributed by atoms with Crippen LogP contribution in [0.1, 0.15) is 23.0 Å². The van der Waals surface area contributed by atoms with Crippen molar-refractivity contribution in [1.82, 2.24) is 14.4 Å². The van der Waals surface area contributed by atoms with Gasteiger partial charge in [-0.2, -0.15) is 5.26 Å². The van der Waals surface area contributed by atoms with E-state index in [0.717, 1.165) is 0 Å². The van der Waals surface area contributed by atoms with E-state index in [-0.39, 0.29) is 12.3 Å². The van der Waals surface area contributed by atoms with E-state index < -0.39 is 5.97 Å². The highest BCUT2D eigenvalue weighted by Gasteiger charge is 2.18. The zero-order valence-electron chi connectivity index (χ0n) is 11.1. The normalized spacial score (nSPS) is 10.5. The quantitative estimate of drug-likeness (QED) is 0.682. The molecule has 0 radical (unpaired) electrons. The average molecular weight is 282 g/mol. The molecule has 0 fully saturated rings. The van der Waals surface area contributed by atoms with E-state index in [2.05, 4.69) is 9.97 Å². The minimum absolute atomic E-state index is 0.254. The Hall–Kier alpha value is -3.14. The maximum atomic E-state index is 11.9. The zero-order valence-corrected chi connectivity index (χ0v) is 11.1. The Balaban J connectivity index is 2.26. The first-order valence-electron chi connectivity index (χ1n) is 6.21. The van der Waals surface area contributed by atoms with E-state index in [4.69, 9.17) is 14.4 Å². The first kappa shape index (κ1) is 12.9. The van der Waals surface area contributed by atoms with Crippen LogP contribution in [0.4, 0.5) is 0 Å². The topological polar surface area (TPSA) is 93.4 Å². The van der Waals surface area contributed by atoms with Gasteiger partial charge in [-0.25, -0.2) is 14.8 Å². The minimum atomic E-state index is -0.497. The molecule has 0 aromatic carbocycles. The van der Waals surface area contributed by atoms with Crippen LogP contribution in [0.5, 0.6) is 0 Å². The van der Waals surface area contributed by atoms with Crippen molar-refractivity contribution in [3.8, 4) is 17.4 Å². The smallest absolute Gasteiger partial charge is 0.356 e. The molecule has 0 bridgehead atoms. The molecule has 0 aliphatic heterocycles. The highest BCUT2D eigenvalue weighted by atomic mass is 16.5. The van der Waals surface area contributed by atoms with Crippen LogP contribution >= 0.6 is 0 Å². The fourth-order valence-corrected chi connectivity index (χ4v) is 2.03. The second-order valence-electron chi connectivity index (χ2n) is 4.18. The number of oxazole rings is 1. The molecular weight excluding hydrogens is 272 g/mol. The molecule has 3 rings (SSSR count). The Kier molecular flexibility index (Phi) is 3.12. The van der Waals surface area contributed by atoms with Crippen molar-refractivity contribution in [3.05, 3.63) is 42.3 Å². The van der Waals surface area contributed by atoms with Gasteiger partial charge in [0.25, 0.3) is 0 Å². The van der Waals surface area contributed by atoms with Crippen molar-refractivity contribution in [1.29, 1.82) is 5.26 Å². The summed E-state index contributed by atoms with van der Waals surface area (Å²) in [6.07, 6.45) is 5.76. The van der Waals surface area contributed by atoms with E-state index >= 15 is 0 Å². The van der Waals surface area contributed by atoms with Crippen molar-refractivity contribution < 1.29 is 13.9 Å². The van der Waals surface area contributed by atoms with Crippen molar-refractivity contribution in [3.63, 3.8) is 0 Å². The molecule has 0 N–H and O–H groups in total. The van der Waals surface area contributed by atoms with Crippen LogP contribution in [0.3, 0.4) is 0 Å². The van der Waals surface area contributed by atoms with Crippen molar-refractivity contribution in [2.75, 3.05) is 6.61 Å². The molecule has 21 heavy (non-hydrogen) atoms. The van der Waals surface area contributed by atoms with Crippen LogP contribution in [-0.2, 0) is 4.74 Å². The molecule has 0 unspecified atom stereocenters. The fraction of sp³-hybridized carbons (Fsp3) is 0.143. The number of esters is 1. The SMILES string of the molecule is CCOC(=O)c1cnc2c(-c3cnco3)cc(C#N)cn12. The van der Waals surface area contributed by atoms with Gasteiger partial charge in [0, 0.05) is 6.20 Å². The summed E-state index contributed by atoms with van der Waals surface area (Å²) in [5.41, 5.74) is 1.71. The monoisotopic (exact) mass is 282 g/mol. The Bertz CT molecular complexity index is 843. The maximum Gasteiger partial charge on any atom is 0.356 e.